The van der Waals surface area contributed by atoms with Crippen LogP contribution in [0.5, 0.6) is 0 Å². The fourth-order valence-electron chi connectivity index (χ4n) is 3.30. The van der Waals surface area contributed by atoms with Gasteiger partial charge in [-0.1, -0.05) is 19.4 Å². The summed E-state index contributed by atoms with van der Waals surface area (Å²) >= 11 is 0. The van der Waals surface area contributed by atoms with Crippen LogP contribution >= 0.6 is 0 Å². The van der Waals surface area contributed by atoms with E-state index in [4.69, 9.17) is 4.74 Å². The Bertz CT molecular complexity index is 1120. The number of carbonyl (C=O) groups excluding carboxylic acids is 2. The van der Waals surface area contributed by atoms with Crippen LogP contribution in [0.2, 0.25) is 0 Å². The highest BCUT2D eigenvalue weighted by molar-refractivity contribution is 6.06. The van der Waals surface area contributed by atoms with Crippen molar-refractivity contribution in [1.29, 1.82) is 0 Å². The van der Waals surface area contributed by atoms with Crippen molar-refractivity contribution in [3.05, 3.63) is 51.9 Å². The molecule has 3 aromatic rings. The Kier molecular flexibility index (Phi) is 6.26. The molecule has 0 bridgehead atoms. The quantitative estimate of drug-likeness (QED) is 0.488. The van der Waals surface area contributed by atoms with Crippen molar-refractivity contribution in [2.45, 2.75) is 33.6 Å². The minimum absolute atomic E-state index is 0.0417. The number of nitrogens with one attached hydrogen (secondary N) is 1. The normalized spacial score (nSPS) is 11.0. The van der Waals surface area contributed by atoms with Gasteiger partial charge in [0.25, 0.3) is 5.91 Å². The van der Waals surface area contributed by atoms with Gasteiger partial charge in [0, 0.05) is 36.3 Å². The molecular weight excluding hydrogens is 370 g/mol. The minimum Gasteiger partial charge on any atom is -0.462 e. The second kappa shape index (κ2) is 8.86. The smallest absolute Gasteiger partial charge is 0.343 e. The van der Waals surface area contributed by atoms with E-state index in [1.807, 2.05) is 6.92 Å². The van der Waals surface area contributed by atoms with E-state index in [9.17, 15) is 14.4 Å². The van der Waals surface area contributed by atoms with Crippen LogP contribution in [0.1, 0.15) is 54.3 Å². The molecule has 2 aromatic heterocycles. The van der Waals surface area contributed by atoms with Gasteiger partial charge in [0.1, 0.15) is 5.56 Å². The number of carbonyl (C=O) groups is 2. The van der Waals surface area contributed by atoms with E-state index in [1.165, 1.54) is 12.4 Å². The van der Waals surface area contributed by atoms with Crippen LogP contribution in [-0.2, 0) is 4.74 Å². The molecule has 0 spiro atoms. The van der Waals surface area contributed by atoms with Crippen molar-refractivity contribution in [3.8, 4) is 0 Å². The molecule has 29 heavy (non-hydrogen) atoms. The number of ether oxygens (including phenoxy) is 1. The molecule has 0 fully saturated rings. The lowest BCUT2D eigenvalue weighted by molar-refractivity contribution is 0.0524. The topological polar surface area (TPSA) is 92.4 Å². The summed E-state index contributed by atoms with van der Waals surface area (Å²) < 4.78 is 4.93. The van der Waals surface area contributed by atoms with Gasteiger partial charge >= 0.3 is 5.97 Å². The largest absolute Gasteiger partial charge is 0.462 e. The standard InChI is InChI=1S/C22H25N3O4/c1-4-7-10-25(5-2)21(27)15-11-14-8-9-16-19(18(14)23-12-15)24-13-17(20(16)26)22(28)29-6-3/h8-9,11-13H,4-7,10H2,1-3H3,(H,24,26). The Morgan fingerprint density at radius 3 is 2.69 bits per heavy atom. The van der Waals surface area contributed by atoms with E-state index in [0.29, 0.717) is 35.1 Å². The van der Waals surface area contributed by atoms with Gasteiger partial charge in [-0.05, 0) is 32.4 Å². The third-order valence-corrected chi connectivity index (χ3v) is 4.90. The number of H-pyrrole nitrogens is 1. The number of benzene rings is 1. The Morgan fingerprint density at radius 1 is 1.21 bits per heavy atom. The number of aromatic nitrogens is 2. The second-order valence-electron chi connectivity index (χ2n) is 6.77. The van der Waals surface area contributed by atoms with E-state index < -0.39 is 11.4 Å². The average molecular weight is 395 g/mol. The number of esters is 1. The summed E-state index contributed by atoms with van der Waals surface area (Å²) in [5.41, 5.74) is 1.17. The maximum Gasteiger partial charge on any atom is 0.343 e. The first kappa shape index (κ1) is 20.5. The lowest BCUT2D eigenvalue weighted by atomic mass is 10.1. The molecule has 0 atom stereocenters. The maximum absolute atomic E-state index is 12.8. The molecule has 152 valence electrons. The zero-order valence-corrected chi connectivity index (χ0v) is 16.9. The van der Waals surface area contributed by atoms with E-state index >= 15 is 0 Å². The van der Waals surface area contributed by atoms with E-state index in [-0.39, 0.29) is 18.1 Å². The Labute approximate surface area is 168 Å². The summed E-state index contributed by atoms with van der Waals surface area (Å²) in [6.07, 6.45) is 4.87. The number of pyridine rings is 2. The van der Waals surface area contributed by atoms with Gasteiger partial charge in [-0.3, -0.25) is 14.6 Å². The molecule has 3 rings (SSSR count). The molecule has 0 aliphatic rings. The average Bonchev–Trinajstić information content (AvgIpc) is 2.73. The van der Waals surface area contributed by atoms with E-state index in [2.05, 4.69) is 16.9 Å². The first-order valence-corrected chi connectivity index (χ1v) is 9.92. The van der Waals surface area contributed by atoms with Crippen molar-refractivity contribution < 1.29 is 14.3 Å². The second-order valence-corrected chi connectivity index (χ2v) is 6.77. The van der Waals surface area contributed by atoms with Crippen LogP contribution in [0.3, 0.4) is 0 Å². The number of aromatic amines is 1. The monoisotopic (exact) mass is 395 g/mol. The molecule has 1 amide bonds. The Hall–Kier alpha value is -3.22. The number of fused-ring (bicyclic) bond motifs is 3. The predicted molar refractivity (Wildman–Crippen MR) is 112 cm³/mol. The molecule has 0 saturated carbocycles. The first-order chi connectivity index (χ1) is 14.0. The molecule has 7 nitrogen and oxygen atoms in total. The summed E-state index contributed by atoms with van der Waals surface area (Å²) in [5.74, 6) is -0.710. The van der Waals surface area contributed by atoms with Gasteiger partial charge in [-0.15, -0.1) is 0 Å². The molecule has 7 heteroatoms. The lowest BCUT2D eigenvalue weighted by Gasteiger charge is -2.20. The number of rotatable bonds is 7. The third kappa shape index (κ3) is 3.99. The summed E-state index contributed by atoms with van der Waals surface area (Å²) in [6, 6.07) is 5.17. The zero-order valence-electron chi connectivity index (χ0n) is 16.9. The first-order valence-electron chi connectivity index (χ1n) is 9.92. The fraction of sp³-hybridized carbons (Fsp3) is 0.364. The summed E-state index contributed by atoms with van der Waals surface area (Å²) in [4.78, 5) is 46.7. The number of nitrogens with zero attached hydrogens (tertiary/aromatic N) is 2. The van der Waals surface area contributed by atoms with Gasteiger partial charge in [0.05, 0.1) is 23.2 Å². The van der Waals surface area contributed by atoms with Crippen LogP contribution in [0, 0.1) is 0 Å². The molecule has 1 N–H and O–H groups in total. The van der Waals surface area contributed by atoms with Crippen LogP contribution in [0.25, 0.3) is 21.8 Å². The van der Waals surface area contributed by atoms with E-state index in [1.54, 1.807) is 30.0 Å². The summed E-state index contributed by atoms with van der Waals surface area (Å²) in [7, 11) is 0. The van der Waals surface area contributed by atoms with Crippen LogP contribution in [0.15, 0.2) is 35.4 Å². The Balaban J connectivity index is 2.04. The van der Waals surface area contributed by atoms with Gasteiger partial charge in [0.15, 0.2) is 0 Å². The number of unbranched alkanes of at least 4 members (excludes halogenated alkanes) is 1. The summed E-state index contributed by atoms with van der Waals surface area (Å²) in [6.45, 7) is 7.28. The SMILES string of the molecule is CCCCN(CC)C(=O)c1cnc2c(ccc3c(=O)c(C(=O)OCC)c[nH]c32)c1. The van der Waals surface area contributed by atoms with Crippen molar-refractivity contribution in [3.63, 3.8) is 0 Å². The van der Waals surface area contributed by atoms with Crippen LogP contribution in [-0.4, -0.2) is 46.4 Å². The van der Waals surface area contributed by atoms with Crippen LogP contribution in [0.4, 0.5) is 0 Å². The highest BCUT2D eigenvalue weighted by atomic mass is 16.5. The van der Waals surface area contributed by atoms with Gasteiger partial charge in [-0.25, -0.2) is 4.79 Å². The highest BCUT2D eigenvalue weighted by Crippen LogP contribution is 2.22. The number of hydrogen-bond acceptors (Lipinski definition) is 5. The molecule has 0 aliphatic carbocycles. The molecule has 1 aromatic carbocycles. The molecule has 0 saturated heterocycles. The summed E-state index contributed by atoms with van der Waals surface area (Å²) in [5, 5.41) is 1.10. The molecule has 0 unspecified atom stereocenters. The van der Waals surface area contributed by atoms with Gasteiger partial charge in [-0.2, -0.15) is 0 Å². The highest BCUT2D eigenvalue weighted by Gasteiger charge is 2.18. The van der Waals surface area contributed by atoms with Crippen molar-refractivity contribution in [1.82, 2.24) is 14.9 Å². The maximum atomic E-state index is 12.8. The minimum atomic E-state index is -0.656. The van der Waals surface area contributed by atoms with Crippen molar-refractivity contribution >= 4 is 33.7 Å². The molecule has 0 radical (unpaired) electrons. The van der Waals surface area contributed by atoms with Gasteiger partial charge in [0.2, 0.25) is 5.43 Å². The number of amides is 1. The number of hydrogen-bond donors (Lipinski definition) is 1. The zero-order chi connectivity index (χ0) is 21.0. The van der Waals surface area contributed by atoms with Crippen molar-refractivity contribution in [2.24, 2.45) is 0 Å². The Morgan fingerprint density at radius 2 is 2.00 bits per heavy atom. The fourth-order valence-corrected chi connectivity index (χ4v) is 3.30. The lowest BCUT2D eigenvalue weighted by Crippen LogP contribution is -2.31. The van der Waals surface area contributed by atoms with Gasteiger partial charge < -0.3 is 14.6 Å². The molecule has 2 heterocycles. The van der Waals surface area contributed by atoms with E-state index in [0.717, 1.165) is 18.2 Å². The third-order valence-electron chi connectivity index (χ3n) is 4.90. The van der Waals surface area contributed by atoms with Crippen molar-refractivity contribution in [2.75, 3.05) is 19.7 Å². The van der Waals surface area contributed by atoms with Crippen LogP contribution < -0.4 is 5.43 Å². The molecule has 0 aliphatic heterocycles. The predicted octanol–water partition coefficient (Wildman–Crippen LogP) is 3.52. The molecular formula is C22H25N3O4.